The number of benzene rings is 2. The number of halogens is 1. The maximum atomic E-state index is 12.9. The smallest absolute Gasteiger partial charge is 0.311 e. The van der Waals surface area contributed by atoms with E-state index >= 15 is 0 Å². The number of urea groups is 1. The highest BCUT2D eigenvalue weighted by atomic mass is 35.5. The molecule has 0 spiro atoms. The molecule has 0 bridgehead atoms. The highest BCUT2D eigenvalue weighted by Crippen LogP contribution is 2.27. The summed E-state index contributed by atoms with van der Waals surface area (Å²) in [7, 11) is 0. The molecule has 136 valence electrons. The maximum absolute atomic E-state index is 12.9. The van der Waals surface area contributed by atoms with E-state index in [0.717, 1.165) is 16.8 Å². The van der Waals surface area contributed by atoms with Gasteiger partial charge in [0.25, 0.3) is 0 Å². The van der Waals surface area contributed by atoms with Crippen molar-refractivity contribution in [1.82, 2.24) is 4.90 Å². The van der Waals surface area contributed by atoms with E-state index < -0.39 is 6.04 Å². The Kier molecular flexibility index (Phi) is 5.18. The fourth-order valence-corrected chi connectivity index (χ4v) is 3.26. The predicted molar refractivity (Wildman–Crippen MR) is 105 cm³/mol. The van der Waals surface area contributed by atoms with E-state index in [1.165, 1.54) is 0 Å². The molecule has 0 radical (unpaired) electrons. The lowest BCUT2D eigenvalue weighted by Crippen LogP contribution is -2.58. The van der Waals surface area contributed by atoms with Crippen molar-refractivity contribution in [2.75, 3.05) is 23.3 Å². The molecule has 1 N–H and O–H groups in total. The molecule has 0 aliphatic carbocycles. The minimum atomic E-state index is -0.549. The fraction of sp³-hybridized carbons (Fsp3) is 0.300. The molecular formula is C20H22ClN3O2. The highest BCUT2D eigenvalue weighted by Gasteiger charge is 2.35. The van der Waals surface area contributed by atoms with Gasteiger partial charge in [0, 0.05) is 29.5 Å². The summed E-state index contributed by atoms with van der Waals surface area (Å²) in [5.74, 6) is -0.110. The number of amides is 3. The summed E-state index contributed by atoms with van der Waals surface area (Å²) in [6, 6.07) is 12.3. The SMILES string of the molecule is Cc1ccc(NC(=O)N2CCN(c3cc(Cl)ccc3C)C(=O)C2C)cc1. The van der Waals surface area contributed by atoms with Crippen LogP contribution >= 0.6 is 11.6 Å². The Morgan fingerprint density at radius 3 is 2.50 bits per heavy atom. The Balaban J connectivity index is 1.74. The molecule has 0 saturated carbocycles. The third kappa shape index (κ3) is 3.68. The molecule has 0 aromatic heterocycles. The predicted octanol–water partition coefficient (Wildman–Crippen LogP) is 4.23. The van der Waals surface area contributed by atoms with Crippen molar-refractivity contribution in [2.24, 2.45) is 0 Å². The van der Waals surface area contributed by atoms with E-state index in [1.54, 1.807) is 28.9 Å². The monoisotopic (exact) mass is 371 g/mol. The van der Waals surface area contributed by atoms with Crippen LogP contribution in [0.5, 0.6) is 0 Å². The molecule has 1 heterocycles. The van der Waals surface area contributed by atoms with E-state index in [0.29, 0.717) is 23.8 Å². The number of hydrogen-bond donors (Lipinski definition) is 1. The van der Waals surface area contributed by atoms with Gasteiger partial charge < -0.3 is 15.1 Å². The number of anilines is 2. The van der Waals surface area contributed by atoms with E-state index in [9.17, 15) is 9.59 Å². The molecule has 1 saturated heterocycles. The number of hydrogen-bond acceptors (Lipinski definition) is 2. The summed E-state index contributed by atoms with van der Waals surface area (Å²) in [6.07, 6.45) is 0. The van der Waals surface area contributed by atoms with Gasteiger partial charge in [-0.05, 0) is 50.6 Å². The third-order valence-electron chi connectivity index (χ3n) is 4.68. The van der Waals surface area contributed by atoms with Gasteiger partial charge in [0.1, 0.15) is 6.04 Å². The molecule has 1 fully saturated rings. The van der Waals surface area contributed by atoms with Gasteiger partial charge >= 0.3 is 6.03 Å². The van der Waals surface area contributed by atoms with Crippen molar-refractivity contribution < 1.29 is 9.59 Å². The van der Waals surface area contributed by atoms with E-state index in [2.05, 4.69) is 5.32 Å². The molecule has 1 unspecified atom stereocenters. The van der Waals surface area contributed by atoms with Crippen LogP contribution in [0.3, 0.4) is 0 Å². The van der Waals surface area contributed by atoms with E-state index in [1.807, 2.05) is 44.2 Å². The summed E-state index contributed by atoms with van der Waals surface area (Å²) >= 11 is 6.09. The zero-order valence-electron chi connectivity index (χ0n) is 15.1. The number of carbonyl (C=O) groups is 2. The van der Waals surface area contributed by atoms with Crippen molar-refractivity contribution in [3.63, 3.8) is 0 Å². The molecule has 2 aromatic rings. The normalized spacial score (nSPS) is 17.4. The summed E-state index contributed by atoms with van der Waals surface area (Å²) in [5.41, 5.74) is 3.62. The Morgan fingerprint density at radius 2 is 1.81 bits per heavy atom. The second-order valence-electron chi connectivity index (χ2n) is 6.59. The van der Waals surface area contributed by atoms with Gasteiger partial charge in [-0.1, -0.05) is 35.4 Å². The molecule has 2 aromatic carbocycles. The zero-order chi connectivity index (χ0) is 18.8. The lowest BCUT2D eigenvalue weighted by atomic mass is 10.1. The second kappa shape index (κ2) is 7.38. The Hall–Kier alpha value is -2.53. The number of carbonyl (C=O) groups excluding carboxylic acids is 2. The minimum absolute atomic E-state index is 0.110. The molecule has 3 rings (SSSR count). The molecule has 1 aliphatic rings. The molecule has 1 atom stereocenters. The highest BCUT2D eigenvalue weighted by molar-refractivity contribution is 6.31. The fourth-order valence-electron chi connectivity index (χ4n) is 3.09. The summed E-state index contributed by atoms with van der Waals surface area (Å²) < 4.78 is 0. The van der Waals surface area contributed by atoms with Gasteiger partial charge in [-0.2, -0.15) is 0 Å². The number of nitrogens with zero attached hydrogens (tertiary/aromatic N) is 2. The van der Waals surface area contributed by atoms with Gasteiger partial charge in [0.2, 0.25) is 5.91 Å². The number of aryl methyl sites for hydroxylation is 2. The van der Waals surface area contributed by atoms with Crippen LogP contribution in [0, 0.1) is 13.8 Å². The van der Waals surface area contributed by atoms with E-state index in [-0.39, 0.29) is 11.9 Å². The van der Waals surface area contributed by atoms with Crippen LogP contribution in [-0.2, 0) is 4.79 Å². The Labute approximate surface area is 158 Å². The molecule has 3 amide bonds. The van der Waals surface area contributed by atoms with Crippen molar-refractivity contribution in [1.29, 1.82) is 0 Å². The van der Waals surface area contributed by atoms with Gasteiger partial charge in [-0.15, -0.1) is 0 Å². The second-order valence-corrected chi connectivity index (χ2v) is 7.02. The third-order valence-corrected chi connectivity index (χ3v) is 4.92. The first-order chi connectivity index (χ1) is 12.4. The minimum Gasteiger partial charge on any atom is -0.311 e. The van der Waals surface area contributed by atoms with Gasteiger partial charge in [-0.3, -0.25) is 4.79 Å². The number of nitrogens with one attached hydrogen (secondary N) is 1. The maximum Gasteiger partial charge on any atom is 0.322 e. The lowest BCUT2D eigenvalue weighted by Gasteiger charge is -2.39. The van der Waals surface area contributed by atoms with Crippen molar-refractivity contribution in [2.45, 2.75) is 26.8 Å². The average Bonchev–Trinajstić information content (AvgIpc) is 2.61. The quantitative estimate of drug-likeness (QED) is 0.859. The molecular weight excluding hydrogens is 350 g/mol. The standard InChI is InChI=1S/C20H22ClN3O2/c1-13-4-8-17(9-5-13)22-20(26)23-10-11-24(19(25)15(23)3)18-12-16(21)7-6-14(18)2/h4-9,12,15H,10-11H2,1-3H3,(H,22,26). The largest absolute Gasteiger partial charge is 0.322 e. The van der Waals surface area contributed by atoms with Gasteiger partial charge in [0.05, 0.1) is 0 Å². The molecule has 26 heavy (non-hydrogen) atoms. The average molecular weight is 372 g/mol. The summed E-state index contributed by atoms with van der Waals surface area (Å²) in [5, 5.41) is 3.45. The van der Waals surface area contributed by atoms with Crippen molar-refractivity contribution in [3.05, 3.63) is 58.6 Å². The first kappa shape index (κ1) is 18.3. The first-order valence-electron chi connectivity index (χ1n) is 8.58. The van der Waals surface area contributed by atoms with Crippen LogP contribution in [0.15, 0.2) is 42.5 Å². The zero-order valence-corrected chi connectivity index (χ0v) is 15.9. The van der Waals surface area contributed by atoms with Crippen LogP contribution in [0.25, 0.3) is 0 Å². The summed E-state index contributed by atoms with van der Waals surface area (Å²) in [4.78, 5) is 28.7. The van der Waals surface area contributed by atoms with Crippen LogP contribution in [0.2, 0.25) is 5.02 Å². The molecule has 5 nitrogen and oxygen atoms in total. The van der Waals surface area contributed by atoms with Crippen molar-refractivity contribution in [3.8, 4) is 0 Å². The van der Waals surface area contributed by atoms with Gasteiger partial charge in [0.15, 0.2) is 0 Å². The summed E-state index contributed by atoms with van der Waals surface area (Å²) in [6.45, 7) is 6.58. The van der Waals surface area contributed by atoms with Crippen LogP contribution in [-0.4, -0.2) is 36.0 Å². The first-order valence-corrected chi connectivity index (χ1v) is 8.96. The Morgan fingerprint density at radius 1 is 1.12 bits per heavy atom. The Bertz CT molecular complexity index is 835. The van der Waals surface area contributed by atoms with Gasteiger partial charge in [-0.25, -0.2) is 4.79 Å². The number of rotatable bonds is 2. The topological polar surface area (TPSA) is 52.7 Å². The van der Waals surface area contributed by atoms with E-state index in [4.69, 9.17) is 11.6 Å². The number of piperazine rings is 1. The van der Waals surface area contributed by atoms with Crippen molar-refractivity contribution >= 4 is 34.9 Å². The van der Waals surface area contributed by atoms with Crippen LogP contribution in [0.4, 0.5) is 16.2 Å². The molecule has 1 aliphatic heterocycles. The molecule has 6 heteroatoms. The van der Waals surface area contributed by atoms with Crippen LogP contribution in [0.1, 0.15) is 18.1 Å². The van der Waals surface area contributed by atoms with Crippen LogP contribution < -0.4 is 10.2 Å². The lowest BCUT2D eigenvalue weighted by molar-refractivity contribution is -0.123.